The third-order valence-electron chi connectivity index (χ3n) is 6.90. The molecule has 0 radical (unpaired) electrons. The number of hydrogen-bond donors (Lipinski definition) is 1. The summed E-state index contributed by atoms with van der Waals surface area (Å²) in [6.07, 6.45) is 6.40. The number of aryl methyl sites for hydroxylation is 1. The number of benzene rings is 1. The Morgan fingerprint density at radius 1 is 1.12 bits per heavy atom. The summed E-state index contributed by atoms with van der Waals surface area (Å²) in [6.45, 7) is 5.23. The second-order valence-electron chi connectivity index (χ2n) is 9.42. The maximum absolute atomic E-state index is 13.8. The standard InChI is InChI=1S/C25H31N7O/c1-17-13-32(16-23-21(17)12-26-25(29-23)28-19-11-27-31(3)14-19)24(33)20-9-10-30(2)15-22(20)18-7-5-4-6-8-18/h4-8,11-12,14,17,20,22H,9-10,13,15-16H2,1-3H3,(H,26,28,29)/t17?,20-,22+/m0/s1. The predicted octanol–water partition coefficient (Wildman–Crippen LogP) is 3.13. The first-order valence-electron chi connectivity index (χ1n) is 11.6. The minimum absolute atomic E-state index is 0.00724. The van der Waals surface area contributed by atoms with E-state index in [4.69, 9.17) is 4.98 Å². The topological polar surface area (TPSA) is 79.2 Å². The van der Waals surface area contributed by atoms with Gasteiger partial charge in [0.1, 0.15) is 0 Å². The number of carbonyl (C=O) groups excluding carboxylic acids is 1. The van der Waals surface area contributed by atoms with Crippen molar-refractivity contribution < 1.29 is 4.79 Å². The fourth-order valence-corrected chi connectivity index (χ4v) is 5.17. The first-order valence-corrected chi connectivity index (χ1v) is 11.6. The monoisotopic (exact) mass is 445 g/mol. The van der Waals surface area contributed by atoms with Crippen LogP contribution in [0.3, 0.4) is 0 Å². The molecule has 8 heteroatoms. The zero-order chi connectivity index (χ0) is 22.9. The van der Waals surface area contributed by atoms with Gasteiger partial charge in [-0.2, -0.15) is 5.10 Å². The average molecular weight is 446 g/mol. The molecule has 172 valence electrons. The summed E-state index contributed by atoms with van der Waals surface area (Å²) >= 11 is 0. The molecule has 2 aliphatic heterocycles. The van der Waals surface area contributed by atoms with Crippen LogP contribution in [0.5, 0.6) is 0 Å². The summed E-state index contributed by atoms with van der Waals surface area (Å²) < 4.78 is 1.73. The fourth-order valence-electron chi connectivity index (χ4n) is 5.17. The molecule has 5 rings (SSSR count). The SMILES string of the molecule is CC1CN(C(=O)[C@H]2CCN(C)C[C@@H]2c2ccccc2)Cc2nc(Nc3cnn(C)c3)ncc21. The highest BCUT2D eigenvalue weighted by Crippen LogP contribution is 2.36. The molecule has 0 aliphatic carbocycles. The number of carbonyl (C=O) groups is 1. The van der Waals surface area contributed by atoms with Crippen molar-refractivity contribution in [3.05, 3.63) is 65.7 Å². The minimum Gasteiger partial charge on any atom is -0.336 e. The van der Waals surface area contributed by atoms with Crippen LogP contribution in [0, 0.1) is 5.92 Å². The molecule has 3 aromatic rings. The summed E-state index contributed by atoms with van der Waals surface area (Å²) in [6, 6.07) is 10.5. The molecule has 1 unspecified atom stereocenters. The van der Waals surface area contributed by atoms with Crippen LogP contribution >= 0.6 is 0 Å². The molecule has 0 bridgehead atoms. The molecule has 1 saturated heterocycles. The molecule has 1 amide bonds. The van der Waals surface area contributed by atoms with Gasteiger partial charge in [0.2, 0.25) is 11.9 Å². The second-order valence-corrected chi connectivity index (χ2v) is 9.42. The Morgan fingerprint density at radius 3 is 2.70 bits per heavy atom. The Morgan fingerprint density at radius 2 is 1.94 bits per heavy atom. The minimum atomic E-state index is -0.00724. The smallest absolute Gasteiger partial charge is 0.227 e. The normalized spacial score (nSPS) is 23.2. The Kier molecular flexibility index (Phi) is 5.85. The molecule has 1 fully saturated rings. The molecule has 4 heterocycles. The molecule has 33 heavy (non-hydrogen) atoms. The largest absolute Gasteiger partial charge is 0.336 e. The van der Waals surface area contributed by atoms with Crippen LogP contribution in [0.25, 0.3) is 0 Å². The van der Waals surface area contributed by atoms with Gasteiger partial charge < -0.3 is 15.1 Å². The van der Waals surface area contributed by atoms with E-state index in [-0.39, 0.29) is 23.7 Å². The first-order chi connectivity index (χ1) is 16.0. The van der Waals surface area contributed by atoms with Gasteiger partial charge in [0.15, 0.2) is 0 Å². The van der Waals surface area contributed by atoms with Crippen molar-refractivity contribution in [3.63, 3.8) is 0 Å². The Labute approximate surface area is 194 Å². The van der Waals surface area contributed by atoms with E-state index < -0.39 is 0 Å². The maximum Gasteiger partial charge on any atom is 0.227 e. The van der Waals surface area contributed by atoms with Crippen molar-refractivity contribution in [2.45, 2.75) is 31.7 Å². The number of rotatable bonds is 4. The number of amides is 1. The van der Waals surface area contributed by atoms with Gasteiger partial charge >= 0.3 is 0 Å². The highest BCUT2D eigenvalue weighted by atomic mass is 16.2. The molecule has 2 aliphatic rings. The molecule has 3 atom stereocenters. The van der Waals surface area contributed by atoms with Gasteiger partial charge in [0, 0.05) is 50.3 Å². The summed E-state index contributed by atoms with van der Waals surface area (Å²) in [5.41, 5.74) is 4.14. The van der Waals surface area contributed by atoms with E-state index in [1.165, 1.54) is 5.56 Å². The van der Waals surface area contributed by atoms with Crippen molar-refractivity contribution in [1.82, 2.24) is 29.5 Å². The van der Waals surface area contributed by atoms with Crippen LogP contribution in [-0.2, 0) is 18.4 Å². The third kappa shape index (κ3) is 4.48. The van der Waals surface area contributed by atoms with E-state index in [9.17, 15) is 4.79 Å². The number of piperidine rings is 1. The van der Waals surface area contributed by atoms with Crippen LogP contribution in [0.2, 0.25) is 0 Å². The third-order valence-corrected chi connectivity index (χ3v) is 6.90. The van der Waals surface area contributed by atoms with Gasteiger partial charge in [-0.05, 0) is 31.1 Å². The molecular formula is C25H31N7O. The lowest BCUT2D eigenvalue weighted by atomic mass is 9.79. The summed E-state index contributed by atoms with van der Waals surface area (Å²) in [5.74, 6) is 1.18. The summed E-state index contributed by atoms with van der Waals surface area (Å²) in [7, 11) is 4.01. The number of hydrogen-bond acceptors (Lipinski definition) is 6. The van der Waals surface area contributed by atoms with E-state index in [1.54, 1.807) is 10.9 Å². The number of anilines is 2. The summed E-state index contributed by atoms with van der Waals surface area (Å²) in [5, 5.41) is 7.40. The Balaban J connectivity index is 1.37. The maximum atomic E-state index is 13.8. The van der Waals surface area contributed by atoms with Crippen LogP contribution in [0.1, 0.15) is 42.0 Å². The molecule has 0 saturated carbocycles. The zero-order valence-corrected chi connectivity index (χ0v) is 19.5. The second kappa shape index (κ2) is 8.94. The number of nitrogens with one attached hydrogen (secondary N) is 1. The number of aromatic nitrogens is 4. The van der Waals surface area contributed by atoms with Crippen LogP contribution in [0.4, 0.5) is 11.6 Å². The van der Waals surface area contributed by atoms with Crippen LogP contribution < -0.4 is 5.32 Å². The Bertz CT molecular complexity index is 1130. The zero-order valence-electron chi connectivity index (χ0n) is 19.5. The van der Waals surface area contributed by atoms with Gasteiger partial charge in [-0.1, -0.05) is 37.3 Å². The van der Waals surface area contributed by atoms with Gasteiger partial charge in [0.05, 0.1) is 24.1 Å². The van der Waals surface area contributed by atoms with Crippen molar-refractivity contribution in [1.29, 1.82) is 0 Å². The molecule has 2 aromatic heterocycles. The lowest BCUT2D eigenvalue weighted by molar-refractivity contribution is -0.139. The highest BCUT2D eigenvalue weighted by molar-refractivity contribution is 5.80. The van der Waals surface area contributed by atoms with Crippen molar-refractivity contribution in [2.24, 2.45) is 13.0 Å². The van der Waals surface area contributed by atoms with Crippen molar-refractivity contribution >= 4 is 17.5 Å². The number of likely N-dealkylation sites (N-methyl/N-ethyl adjacent to an activating group) is 1. The molecule has 0 spiro atoms. The van der Waals surface area contributed by atoms with E-state index >= 15 is 0 Å². The van der Waals surface area contributed by atoms with Gasteiger partial charge in [-0.3, -0.25) is 9.48 Å². The van der Waals surface area contributed by atoms with Crippen molar-refractivity contribution in [2.75, 3.05) is 32.0 Å². The number of likely N-dealkylation sites (tertiary alicyclic amines) is 1. The number of nitrogens with zero attached hydrogens (tertiary/aromatic N) is 6. The molecule has 1 aromatic carbocycles. The van der Waals surface area contributed by atoms with Crippen molar-refractivity contribution in [3.8, 4) is 0 Å². The lowest BCUT2D eigenvalue weighted by Crippen LogP contribution is -2.47. The highest BCUT2D eigenvalue weighted by Gasteiger charge is 2.38. The molecular weight excluding hydrogens is 414 g/mol. The quantitative estimate of drug-likeness (QED) is 0.665. The Hall–Kier alpha value is -3.26. The van der Waals surface area contributed by atoms with Crippen LogP contribution in [-0.4, -0.2) is 62.1 Å². The first kappa shape index (κ1) is 21.6. The van der Waals surface area contributed by atoms with Gasteiger partial charge in [0.25, 0.3) is 0 Å². The lowest BCUT2D eigenvalue weighted by Gasteiger charge is -2.40. The average Bonchev–Trinajstić information content (AvgIpc) is 3.23. The van der Waals surface area contributed by atoms with E-state index in [0.29, 0.717) is 19.0 Å². The van der Waals surface area contributed by atoms with Gasteiger partial charge in [-0.15, -0.1) is 0 Å². The van der Waals surface area contributed by atoms with E-state index in [0.717, 1.165) is 36.5 Å². The van der Waals surface area contributed by atoms with E-state index in [2.05, 4.69) is 58.5 Å². The van der Waals surface area contributed by atoms with E-state index in [1.807, 2.05) is 30.4 Å². The van der Waals surface area contributed by atoms with Crippen LogP contribution in [0.15, 0.2) is 48.9 Å². The molecule has 8 nitrogen and oxygen atoms in total. The molecule has 1 N–H and O–H groups in total. The predicted molar refractivity (Wildman–Crippen MR) is 127 cm³/mol. The number of fused-ring (bicyclic) bond motifs is 1. The fraction of sp³-hybridized carbons (Fsp3) is 0.440. The van der Waals surface area contributed by atoms with Gasteiger partial charge in [-0.25, -0.2) is 9.97 Å². The summed E-state index contributed by atoms with van der Waals surface area (Å²) in [4.78, 5) is 27.4.